The highest BCUT2D eigenvalue weighted by molar-refractivity contribution is 5.79. The predicted octanol–water partition coefficient (Wildman–Crippen LogP) is 3.60. The van der Waals surface area contributed by atoms with Gasteiger partial charge in [-0.1, -0.05) is 38.8 Å². The summed E-state index contributed by atoms with van der Waals surface area (Å²) in [6, 6.07) is 7.99. The van der Waals surface area contributed by atoms with Crippen molar-refractivity contribution in [1.82, 2.24) is 4.90 Å². The number of rotatable bonds is 8. The lowest BCUT2D eigenvalue weighted by Gasteiger charge is -2.38. The number of ether oxygens (including phenoxy) is 2. The highest BCUT2D eigenvalue weighted by atomic mass is 16.5. The zero-order valence-electron chi connectivity index (χ0n) is 16.2. The molecule has 5 nitrogen and oxygen atoms in total. The molecule has 1 aliphatic carbocycles. The molecule has 0 N–H and O–H groups in total. The van der Waals surface area contributed by atoms with Crippen molar-refractivity contribution in [1.29, 1.82) is 0 Å². The molecule has 2 rings (SSSR count). The minimum absolute atomic E-state index is 0.00242. The standard InChI is InChI=1S/C21H31NO4/c1-4-17-9-7-10-18(14-17)26-15-20(23)22(13-12-21(24)25-3)19-11-6-5-8-16(19)2/h7,9-10,14,16,19H,4-6,8,11-13,15H2,1-3H3. The van der Waals surface area contributed by atoms with Crippen LogP contribution in [0.4, 0.5) is 0 Å². The average molecular weight is 361 g/mol. The third kappa shape index (κ3) is 5.75. The second-order valence-corrected chi connectivity index (χ2v) is 7.03. The van der Waals surface area contributed by atoms with Crippen LogP contribution in [0.25, 0.3) is 0 Å². The van der Waals surface area contributed by atoms with Gasteiger partial charge in [-0.2, -0.15) is 0 Å². The molecule has 0 heterocycles. The molecule has 26 heavy (non-hydrogen) atoms. The zero-order chi connectivity index (χ0) is 18.9. The fourth-order valence-electron chi connectivity index (χ4n) is 3.63. The van der Waals surface area contributed by atoms with E-state index in [4.69, 9.17) is 9.47 Å². The predicted molar refractivity (Wildman–Crippen MR) is 101 cm³/mol. The van der Waals surface area contributed by atoms with Crippen LogP contribution in [0, 0.1) is 5.92 Å². The van der Waals surface area contributed by atoms with Gasteiger partial charge in [-0.3, -0.25) is 9.59 Å². The molecule has 0 radical (unpaired) electrons. The van der Waals surface area contributed by atoms with Gasteiger partial charge in [-0.15, -0.1) is 0 Å². The quantitative estimate of drug-likeness (QED) is 0.664. The molecule has 1 saturated carbocycles. The van der Waals surface area contributed by atoms with Gasteiger partial charge in [0.1, 0.15) is 5.75 Å². The largest absolute Gasteiger partial charge is 0.484 e. The van der Waals surface area contributed by atoms with Crippen LogP contribution in [0.1, 0.15) is 51.5 Å². The Labute approximate surface area is 156 Å². The van der Waals surface area contributed by atoms with Crippen LogP contribution in [0.3, 0.4) is 0 Å². The van der Waals surface area contributed by atoms with Gasteiger partial charge < -0.3 is 14.4 Å². The molecule has 0 spiro atoms. The maximum atomic E-state index is 12.9. The van der Waals surface area contributed by atoms with E-state index in [0.717, 1.165) is 25.7 Å². The third-order valence-electron chi connectivity index (χ3n) is 5.24. The number of esters is 1. The van der Waals surface area contributed by atoms with Crippen molar-refractivity contribution in [3.05, 3.63) is 29.8 Å². The fourth-order valence-corrected chi connectivity index (χ4v) is 3.63. The van der Waals surface area contributed by atoms with Crippen molar-refractivity contribution in [2.24, 2.45) is 5.92 Å². The number of hydrogen-bond acceptors (Lipinski definition) is 4. The van der Waals surface area contributed by atoms with Crippen molar-refractivity contribution in [3.8, 4) is 5.75 Å². The van der Waals surface area contributed by atoms with Gasteiger partial charge in [0.05, 0.1) is 13.5 Å². The molecule has 144 valence electrons. The third-order valence-corrected chi connectivity index (χ3v) is 5.24. The first kappa shape index (κ1) is 20.3. The topological polar surface area (TPSA) is 55.8 Å². The molecular weight excluding hydrogens is 330 g/mol. The van der Waals surface area contributed by atoms with Gasteiger partial charge in [0, 0.05) is 12.6 Å². The number of methoxy groups -OCH3 is 1. The number of nitrogens with zero attached hydrogens (tertiary/aromatic N) is 1. The Morgan fingerprint density at radius 3 is 2.69 bits per heavy atom. The molecule has 0 aromatic heterocycles. The van der Waals surface area contributed by atoms with E-state index in [9.17, 15) is 9.59 Å². The summed E-state index contributed by atoms with van der Waals surface area (Å²) in [5.41, 5.74) is 1.18. The lowest BCUT2D eigenvalue weighted by Crippen LogP contribution is -2.48. The van der Waals surface area contributed by atoms with Gasteiger partial charge in [-0.25, -0.2) is 0 Å². The second-order valence-electron chi connectivity index (χ2n) is 7.03. The van der Waals surface area contributed by atoms with E-state index in [1.807, 2.05) is 29.2 Å². The molecule has 1 amide bonds. The Balaban J connectivity index is 2.02. The zero-order valence-corrected chi connectivity index (χ0v) is 16.2. The van der Waals surface area contributed by atoms with E-state index in [1.54, 1.807) is 0 Å². The highest BCUT2D eigenvalue weighted by Crippen LogP contribution is 2.28. The monoisotopic (exact) mass is 361 g/mol. The second kappa shape index (κ2) is 10.2. The molecule has 1 aliphatic rings. The van der Waals surface area contributed by atoms with Gasteiger partial charge in [0.25, 0.3) is 5.91 Å². The molecule has 2 unspecified atom stereocenters. The van der Waals surface area contributed by atoms with Crippen molar-refractivity contribution in [2.75, 3.05) is 20.3 Å². The van der Waals surface area contributed by atoms with E-state index >= 15 is 0 Å². The molecule has 0 saturated heterocycles. The Morgan fingerprint density at radius 1 is 1.23 bits per heavy atom. The first-order valence-corrected chi connectivity index (χ1v) is 9.63. The number of hydrogen-bond donors (Lipinski definition) is 0. The lowest BCUT2D eigenvalue weighted by atomic mass is 9.84. The molecule has 5 heteroatoms. The molecular formula is C21H31NO4. The van der Waals surface area contributed by atoms with Crippen LogP contribution in [-0.2, 0) is 20.7 Å². The maximum absolute atomic E-state index is 12.9. The molecule has 2 atom stereocenters. The smallest absolute Gasteiger partial charge is 0.307 e. The number of aryl methyl sites for hydroxylation is 1. The Hall–Kier alpha value is -2.04. The number of amides is 1. The summed E-state index contributed by atoms with van der Waals surface area (Å²) in [5, 5.41) is 0. The van der Waals surface area contributed by atoms with Gasteiger partial charge >= 0.3 is 5.97 Å². The van der Waals surface area contributed by atoms with Gasteiger partial charge in [-0.05, 0) is 42.9 Å². The summed E-state index contributed by atoms with van der Waals surface area (Å²) >= 11 is 0. The summed E-state index contributed by atoms with van der Waals surface area (Å²) in [7, 11) is 1.38. The van der Waals surface area contributed by atoms with E-state index < -0.39 is 0 Å². The Morgan fingerprint density at radius 2 is 2.00 bits per heavy atom. The van der Waals surface area contributed by atoms with E-state index in [1.165, 1.54) is 19.1 Å². The van der Waals surface area contributed by atoms with Crippen molar-refractivity contribution >= 4 is 11.9 Å². The highest BCUT2D eigenvalue weighted by Gasteiger charge is 2.30. The van der Waals surface area contributed by atoms with Crippen molar-refractivity contribution < 1.29 is 19.1 Å². The van der Waals surface area contributed by atoms with E-state index in [0.29, 0.717) is 18.2 Å². The van der Waals surface area contributed by atoms with Crippen LogP contribution < -0.4 is 4.74 Å². The summed E-state index contributed by atoms with van der Waals surface area (Å²) < 4.78 is 10.5. The summed E-state index contributed by atoms with van der Waals surface area (Å²) in [6.07, 6.45) is 5.58. The average Bonchev–Trinajstić information content (AvgIpc) is 2.67. The normalized spacial score (nSPS) is 19.7. The maximum Gasteiger partial charge on any atom is 0.307 e. The summed E-state index contributed by atoms with van der Waals surface area (Å²) in [4.78, 5) is 26.3. The minimum Gasteiger partial charge on any atom is -0.484 e. The first-order valence-electron chi connectivity index (χ1n) is 9.63. The fraction of sp³-hybridized carbons (Fsp3) is 0.619. The molecule has 1 aromatic rings. The van der Waals surface area contributed by atoms with Crippen LogP contribution in [-0.4, -0.2) is 43.1 Å². The molecule has 0 aliphatic heterocycles. The van der Waals surface area contributed by atoms with Crippen LogP contribution >= 0.6 is 0 Å². The van der Waals surface area contributed by atoms with Crippen molar-refractivity contribution in [2.45, 2.75) is 58.4 Å². The van der Waals surface area contributed by atoms with Crippen molar-refractivity contribution in [3.63, 3.8) is 0 Å². The first-order chi connectivity index (χ1) is 12.5. The molecule has 1 aromatic carbocycles. The number of carbonyl (C=O) groups excluding carboxylic acids is 2. The number of benzene rings is 1. The van der Waals surface area contributed by atoms with Gasteiger partial charge in [0.15, 0.2) is 6.61 Å². The van der Waals surface area contributed by atoms with E-state index in [-0.39, 0.29) is 30.9 Å². The Bertz CT molecular complexity index is 601. The SMILES string of the molecule is CCc1cccc(OCC(=O)N(CCC(=O)OC)C2CCCCC2C)c1. The molecule has 0 bridgehead atoms. The van der Waals surface area contributed by atoms with E-state index in [2.05, 4.69) is 13.8 Å². The van der Waals surface area contributed by atoms with Crippen LogP contribution in [0.15, 0.2) is 24.3 Å². The van der Waals surface area contributed by atoms with Crippen LogP contribution in [0.5, 0.6) is 5.75 Å². The number of carbonyl (C=O) groups is 2. The molecule has 1 fully saturated rings. The summed E-state index contributed by atoms with van der Waals surface area (Å²) in [5.74, 6) is 0.799. The van der Waals surface area contributed by atoms with Gasteiger partial charge in [0.2, 0.25) is 0 Å². The Kier molecular flexibility index (Phi) is 7.95. The minimum atomic E-state index is -0.289. The van der Waals surface area contributed by atoms with Crippen LogP contribution in [0.2, 0.25) is 0 Å². The summed E-state index contributed by atoms with van der Waals surface area (Å²) in [6.45, 7) is 4.66. The lowest BCUT2D eigenvalue weighted by molar-refractivity contribution is -0.143.